The molecule has 1 amide bonds. The number of fused-ring (bicyclic) bond motifs is 1. The Balaban J connectivity index is 2.03. The summed E-state index contributed by atoms with van der Waals surface area (Å²) in [5, 5.41) is 8.00. The van der Waals surface area contributed by atoms with Crippen molar-refractivity contribution in [3.05, 3.63) is 59.5 Å². The molecule has 0 radical (unpaired) electrons. The van der Waals surface area contributed by atoms with Crippen LogP contribution in [0.2, 0.25) is 0 Å². The molecular weight excluding hydrogens is 385 g/mol. The van der Waals surface area contributed by atoms with Crippen LogP contribution in [0.3, 0.4) is 0 Å². The minimum atomic E-state index is -0.638. The van der Waals surface area contributed by atoms with Crippen LogP contribution < -0.4 is 10.1 Å². The molecule has 0 fully saturated rings. The van der Waals surface area contributed by atoms with Crippen LogP contribution in [0.4, 0.5) is 4.39 Å². The Morgan fingerprint density at radius 2 is 1.83 bits per heavy atom. The van der Waals surface area contributed by atoms with E-state index in [0.717, 1.165) is 5.56 Å². The molecule has 0 saturated heterocycles. The molecule has 1 N–H and O–H groups in total. The summed E-state index contributed by atoms with van der Waals surface area (Å²) < 4.78 is 20.2. The number of aromatic nitrogens is 2. The number of hydrogen-bond acceptors (Lipinski definition) is 4. The Bertz CT molecular complexity index is 1080. The largest absolute Gasteiger partial charge is 0.497 e. The van der Waals surface area contributed by atoms with Gasteiger partial charge in [0.1, 0.15) is 11.6 Å². The van der Waals surface area contributed by atoms with Crippen molar-refractivity contribution in [2.45, 2.75) is 40.3 Å². The number of methoxy groups -OCH3 is 1. The van der Waals surface area contributed by atoms with Gasteiger partial charge in [0.15, 0.2) is 11.5 Å². The van der Waals surface area contributed by atoms with Gasteiger partial charge in [-0.1, -0.05) is 32.9 Å². The first kappa shape index (κ1) is 21.5. The number of halogens is 1. The lowest BCUT2D eigenvalue weighted by atomic mass is 9.84. The first-order chi connectivity index (χ1) is 14.1. The van der Waals surface area contributed by atoms with E-state index >= 15 is 0 Å². The van der Waals surface area contributed by atoms with Gasteiger partial charge in [-0.2, -0.15) is 5.10 Å². The Morgan fingerprint density at radius 1 is 1.17 bits per heavy atom. The molecule has 30 heavy (non-hydrogen) atoms. The number of benzene rings is 2. The molecule has 1 atom stereocenters. The van der Waals surface area contributed by atoms with E-state index in [1.807, 2.05) is 20.8 Å². The van der Waals surface area contributed by atoms with Crippen molar-refractivity contribution < 1.29 is 18.7 Å². The van der Waals surface area contributed by atoms with Crippen molar-refractivity contribution in [3.8, 4) is 5.75 Å². The number of rotatable bonds is 6. The molecule has 0 aliphatic heterocycles. The summed E-state index contributed by atoms with van der Waals surface area (Å²) in [5.41, 5.74) is 1.34. The predicted octanol–water partition coefficient (Wildman–Crippen LogP) is 3.97. The van der Waals surface area contributed by atoms with Crippen molar-refractivity contribution in [2.24, 2.45) is 5.41 Å². The molecular formula is C23H26FN3O3. The van der Waals surface area contributed by atoms with Gasteiger partial charge in [0.25, 0.3) is 5.91 Å². The normalized spacial score (nSPS) is 12.6. The predicted molar refractivity (Wildman–Crippen MR) is 113 cm³/mol. The Morgan fingerprint density at radius 3 is 2.40 bits per heavy atom. The number of nitrogens with one attached hydrogen (secondary N) is 1. The van der Waals surface area contributed by atoms with Gasteiger partial charge in [0.05, 0.1) is 25.2 Å². The first-order valence-corrected chi connectivity index (χ1v) is 9.70. The van der Waals surface area contributed by atoms with Crippen LogP contribution in [-0.4, -0.2) is 34.6 Å². The molecule has 2 aromatic carbocycles. The van der Waals surface area contributed by atoms with Crippen molar-refractivity contribution in [1.29, 1.82) is 0 Å². The van der Waals surface area contributed by atoms with Crippen molar-refractivity contribution in [1.82, 2.24) is 15.1 Å². The fraction of sp³-hybridized carbons (Fsp3) is 0.348. The molecule has 0 bridgehead atoms. The third kappa shape index (κ3) is 4.50. The van der Waals surface area contributed by atoms with Gasteiger partial charge in [-0.05, 0) is 42.2 Å². The van der Waals surface area contributed by atoms with Gasteiger partial charge in [-0.25, -0.2) is 4.39 Å². The molecule has 6 nitrogen and oxygen atoms in total. The summed E-state index contributed by atoms with van der Waals surface area (Å²) in [6.07, 6.45) is 0. The van der Waals surface area contributed by atoms with Gasteiger partial charge in [0.2, 0.25) is 0 Å². The van der Waals surface area contributed by atoms with Gasteiger partial charge < -0.3 is 10.1 Å². The molecule has 7 heteroatoms. The lowest BCUT2D eigenvalue weighted by Gasteiger charge is -2.29. The SMILES string of the molecule is COc1ccc2c(C(=O)N[C@H](C(C)=O)C(C)(C)C)nn(Cc3ccc(F)cc3)c2c1. The number of hydrogen-bond donors (Lipinski definition) is 1. The monoisotopic (exact) mass is 411 g/mol. The number of nitrogens with zero attached hydrogens (tertiary/aromatic N) is 2. The maximum atomic E-state index is 13.3. The highest BCUT2D eigenvalue weighted by Crippen LogP contribution is 2.26. The van der Waals surface area contributed by atoms with Crippen LogP contribution in [0.25, 0.3) is 10.9 Å². The summed E-state index contributed by atoms with van der Waals surface area (Å²) in [5.74, 6) is -0.222. The number of amides is 1. The topological polar surface area (TPSA) is 73.2 Å². The van der Waals surface area contributed by atoms with Crippen LogP contribution in [0.1, 0.15) is 43.7 Å². The molecule has 0 saturated carbocycles. The van der Waals surface area contributed by atoms with E-state index in [4.69, 9.17) is 4.74 Å². The first-order valence-electron chi connectivity index (χ1n) is 9.70. The number of carbonyl (C=O) groups excluding carboxylic acids is 2. The zero-order valence-corrected chi connectivity index (χ0v) is 17.8. The molecule has 1 heterocycles. The van der Waals surface area contributed by atoms with E-state index in [1.165, 1.54) is 19.1 Å². The third-order valence-corrected chi connectivity index (χ3v) is 4.97. The second-order valence-corrected chi connectivity index (χ2v) is 8.40. The van der Waals surface area contributed by atoms with E-state index in [2.05, 4.69) is 10.4 Å². The van der Waals surface area contributed by atoms with Gasteiger partial charge >= 0.3 is 0 Å². The van der Waals surface area contributed by atoms with Crippen LogP contribution in [-0.2, 0) is 11.3 Å². The lowest BCUT2D eigenvalue weighted by molar-refractivity contribution is -0.121. The fourth-order valence-corrected chi connectivity index (χ4v) is 3.46. The molecule has 3 rings (SSSR count). The molecule has 0 spiro atoms. The highest BCUT2D eigenvalue weighted by atomic mass is 19.1. The van der Waals surface area contributed by atoms with Crippen molar-refractivity contribution >= 4 is 22.6 Å². The van der Waals surface area contributed by atoms with Crippen LogP contribution >= 0.6 is 0 Å². The lowest BCUT2D eigenvalue weighted by Crippen LogP contribution is -2.48. The molecule has 0 aliphatic rings. The average Bonchev–Trinajstić information content (AvgIpc) is 3.04. The zero-order valence-electron chi connectivity index (χ0n) is 17.8. The minimum absolute atomic E-state index is 0.118. The second kappa shape index (κ2) is 8.26. The molecule has 3 aromatic rings. The minimum Gasteiger partial charge on any atom is -0.497 e. The Kier molecular flexibility index (Phi) is 5.92. The van der Waals surface area contributed by atoms with Gasteiger partial charge in [0, 0.05) is 11.5 Å². The van der Waals surface area contributed by atoms with Crippen LogP contribution in [0.15, 0.2) is 42.5 Å². The molecule has 158 valence electrons. The van der Waals surface area contributed by atoms with Crippen LogP contribution in [0.5, 0.6) is 5.75 Å². The second-order valence-electron chi connectivity index (χ2n) is 8.40. The Hall–Kier alpha value is -3.22. The summed E-state index contributed by atoms with van der Waals surface area (Å²) in [6.45, 7) is 7.51. The van der Waals surface area contributed by atoms with E-state index in [9.17, 15) is 14.0 Å². The van der Waals surface area contributed by atoms with Crippen molar-refractivity contribution in [3.63, 3.8) is 0 Å². The summed E-state index contributed by atoms with van der Waals surface area (Å²) in [6, 6.07) is 10.8. The summed E-state index contributed by atoms with van der Waals surface area (Å²) >= 11 is 0. The molecule has 1 aromatic heterocycles. The maximum absolute atomic E-state index is 13.3. The summed E-state index contributed by atoms with van der Waals surface area (Å²) in [4.78, 5) is 25.2. The number of Topliss-reactive ketones (excluding diaryl/α,β-unsaturated/α-hetero) is 1. The average molecular weight is 411 g/mol. The Labute approximate surface area is 175 Å². The molecule has 0 aliphatic carbocycles. The highest BCUT2D eigenvalue weighted by Gasteiger charge is 2.31. The molecule has 0 unspecified atom stereocenters. The van der Waals surface area contributed by atoms with E-state index in [0.29, 0.717) is 23.2 Å². The van der Waals surface area contributed by atoms with Crippen LogP contribution in [0, 0.1) is 11.2 Å². The number of ketones is 1. The van der Waals surface area contributed by atoms with E-state index in [-0.39, 0.29) is 17.3 Å². The number of carbonyl (C=O) groups is 2. The highest BCUT2D eigenvalue weighted by molar-refractivity contribution is 6.06. The van der Waals surface area contributed by atoms with E-state index < -0.39 is 17.4 Å². The zero-order chi connectivity index (χ0) is 22.1. The fourth-order valence-electron chi connectivity index (χ4n) is 3.46. The van der Waals surface area contributed by atoms with Gasteiger partial charge in [-0.15, -0.1) is 0 Å². The maximum Gasteiger partial charge on any atom is 0.273 e. The third-order valence-electron chi connectivity index (χ3n) is 4.97. The van der Waals surface area contributed by atoms with Crippen molar-refractivity contribution in [2.75, 3.05) is 7.11 Å². The quantitative estimate of drug-likeness (QED) is 0.666. The summed E-state index contributed by atoms with van der Waals surface area (Å²) in [7, 11) is 1.57. The van der Waals surface area contributed by atoms with E-state index in [1.54, 1.807) is 42.1 Å². The smallest absolute Gasteiger partial charge is 0.273 e. The van der Waals surface area contributed by atoms with Gasteiger partial charge in [-0.3, -0.25) is 14.3 Å². The number of ether oxygens (including phenoxy) is 1. The standard InChI is InChI=1S/C23H26FN3O3/c1-14(28)21(23(2,3)4)25-22(29)20-18-11-10-17(30-5)12-19(18)27(26-20)13-15-6-8-16(24)9-7-15/h6-12,21H,13H2,1-5H3,(H,25,29)/t21-/m1/s1.